The summed E-state index contributed by atoms with van der Waals surface area (Å²) in [5.74, 6) is 0. The Morgan fingerprint density at radius 1 is 1.67 bits per heavy atom. The van der Waals surface area contributed by atoms with Crippen LogP contribution in [-0.4, -0.2) is 4.98 Å². The van der Waals surface area contributed by atoms with Gasteiger partial charge in [-0.25, -0.2) is 0 Å². The van der Waals surface area contributed by atoms with Crippen molar-refractivity contribution in [1.82, 2.24) is 4.98 Å². The van der Waals surface area contributed by atoms with Crippen molar-refractivity contribution in [2.45, 2.75) is 0 Å². The van der Waals surface area contributed by atoms with E-state index in [1.54, 1.807) is 0 Å². The van der Waals surface area contributed by atoms with Gasteiger partial charge in [0, 0.05) is 6.39 Å². The average Bonchev–Trinajstić information content (AvgIpc) is 1.76. The van der Waals surface area contributed by atoms with Crippen molar-refractivity contribution in [1.29, 1.82) is 0 Å². The number of oxazole rings is 1. The van der Waals surface area contributed by atoms with E-state index in [2.05, 4.69) is 15.7 Å². The molecule has 0 aliphatic heterocycles. The van der Waals surface area contributed by atoms with Gasteiger partial charge in [-0.15, -0.1) is 0 Å². The van der Waals surface area contributed by atoms with Gasteiger partial charge in [0.05, 0.1) is 0 Å². The van der Waals surface area contributed by atoms with E-state index in [9.17, 15) is 0 Å². The SMILES string of the molecule is [Rb+].[c-]1cnco1. The third kappa shape index (κ3) is 2.23. The van der Waals surface area contributed by atoms with E-state index in [-0.39, 0.29) is 58.2 Å². The smallest absolute Gasteiger partial charge is 0.632 e. The molecule has 0 saturated heterocycles. The first-order valence-electron chi connectivity index (χ1n) is 1.24. The summed E-state index contributed by atoms with van der Waals surface area (Å²) in [7, 11) is 0. The summed E-state index contributed by atoms with van der Waals surface area (Å²) in [6.07, 6.45) is 5.15. The van der Waals surface area contributed by atoms with E-state index in [1.807, 2.05) is 0 Å². The van der Waals surface area contributed by atoms with E-state index >= 15 is 0 Å². The molecule has 0 spiro atoms. The second-order valence-corrected chi connectivity index (χ2v) is 0.619. The molecule has 0 unspecified atom stereocenters. The first kappa shape index (κ1) is 7.02. The molecule has 26 valence electrons. The van der Waals surface area contributed by atoms with Gasteiger partial charge in [-0.1, -0.05) is 6.26 Å². The standard InChI is InChI=1S/C3H2NO.Rb/c1-2-5-3-4-1;/h1,3H;/q-1;+1. The molecule has 0 aromatic carbocycles. The molecule has 1 aromatic rings. The Hall–Kier alpha value is 1.02. The predicted octanol–water partition coefficient (Wildman–Crippen LogP) is -2.52. The van der Waals surface area contributed by atoms with Crippen LogP contribution in [0.5, 0.6) is 0 Å². The Kier molecular flexibility index (Phi) is 4.89. The van der Waals surface area contributed by atoms with Crippen molar-refractivity contribution in [3.8, 4) is 0 Å². The maximum Gasteiger partial charge on any atom is 1.00 e. The molecule has 0 aliphatic rings. The van der Waals surface area contributed by atoms with Crippen molar-refractivity contribution in [2.75, 3.05) is 0 Å². The van der Waals surface area contributed by atoms with Gasteiger partial charge < -0.3 is 9.40 Å². The monoisotopic (exact) mass is 153 g/mol. The molecule has 2 nitrogen and oxygen atoms in total. The molecule has 0 N–H and O–H groups in total. The Bertz CT molecular complexity index is 67.3. The van der Waals surface area contributed by atoms with Gasteiger partial charge >= 0.3 is 58.2 Å². The van der Waals surface area contributed by atoms with Crippen LogP contribution in [0.3, 0.4) is 0 Å². The molecular weight excluding hydrogens is 152 g/mol. The maximum absolute atomic E-state index is 4.35. The van der Waals surface area contributed by atoms with Crippen molar-refractivity contribution >= 4 is 0 Å². The first-order valence-corrected chi connectivity index (χ1v) is 1.24. The predicted molar refractivity (Wildman–Crippen MR) is 15.3 cm³/mol. The van der Waals surface area contributed by atoms with Crippen LogP contribution >= 0.6 is 0 Å². The van der Waals surface area contributed by atoms with Crippen LogP contribution in [0.2, 0.25) is 0 Å². The number of hydrogen-bond donors (Lipinski definition) is 0. The van der Waals surface area contributed by atoms with Gasteiger partial charge in [0.1, 0.15) is 0 Å². The van der Waals surface area contributed by atoms with E-state index in [0.717, 1.165) is 0 Å². The average molecular weight is 154 g/mol. The van der Waals surface area contributed by atoms with Crippen molar-refractivity contribution in [3.63, 3.8) is 0 Å². The molecule has 0 fully saturated rings. The van der Waals surface area contributed by atoms with Gasteiger partial charge in [-0.3, -0.25) is 0 Å². The van der Waals surface area contributed by atoms with E-state index < -0.39 is 0 Å². The summed E-state index contributed by atoms with van der Waals surface area (Å²) in [6, 6.07) is 0. The molecule has 0 saturated carbocycles. The minimum atomic E-state index is 0. The summed E-state index contributed by atoms with van der Waals surface area (Å²) >= 11 is 0. The summed E-state index contributed by atoms with van der Waals surface area (Å²) in [5.41, 5.74) is 0. The van der Waals surface area contributed by atoms with Crippen LogP contribution in [0, 0.1) is 6.26 Å². The van der Waals surface area contributed by atoms with Crippen LogP contribution in [-0.2, 0) is 0 Å². The number of nitrogens with zero attached hydrogens (tertiary/aromatic N) is 1. The third-order valence-corrected chi connectivity index (χ3v) is 0.309. The van der Waals surface area contributed by atoms with Crippen molar-refractivity contribution < 1.29 is 62.6 Å². The zero-order valence-electron chi connectivity index (χ0n) is 3.51. The fraction of sp³-hybridized carbons (Fsp3) is 0. The summed E-state index contributed by atoms with van der Waals surface area (Å²) in [6.45, 7) is 0. The van der Waals surface area contributed by atoms with Crippen molar-refractivity contribution in [2.24, 2.45) is 0 Å². The van der Waals surface area contributed by atoms with Gasteiger partial charge in [0.15, 0.2) is 0 Å². The molecule has 0 amide bonds. The van der Waals surface area contributed by atoms with Crippen molar-refractivity contribution in [3.05, 3.63) is 18.9 Å². The summed E-state index contributed by atoms with van der Waals surface area (Å²) in [5, 5.41) is 0. The van der Waals surface area contributed by atoms with Crippen LogP contribution in [0.25, 0.3) is 0 Å². The second kappa shape index (κ2) is 4.18. The fourth-order valence-corrected chi connectivity index (χ4v) is 0.152. The second-order valence-electron chi connectivity index (χ2n) is 0.619. The Labute approximate surface area is 84.7 Å². The molecule has 0 aliphatic carbocycles. The topological polar surface area (TPSA) is 26.0 Å². The zero-order valence-corrected chi connectivity index (χ0v) is 8.43. The van der Waals surface area contributed by atoms with E-state index in [0.29, 0.717) is 0 Å². The van der Waals surface area contributed by atoms with Gasteiger partial charge in [0.2, 0.25) is 0 Å². The molecule has 0 bridgehead atoms. The quantitative estimate of drug-likeness (QED) is 0.385. The van der Waals surface area contributed by atoms with Crippen LogP contribution in [0.1, 0.15) is 0 Å². The molecular formula is C3H2NORb. The number of aromatic nitrogens is 1. The third-order valence-electron chi connectivity index (χ3n) is 0.309. The number of hydrogen-bond acceptors (Lipinski definition) is 2. The molecule has 0 atom stereocenters. The summed E-state index contributed by atoms with van der Waals surface area (Å²) in [4.78, 5) is 3.50. The van der Waals surface area contributed by atoms with Gasteiger partial charge in [-0.2, -0.15) is 0 Å². The first-order chi connectivity index (χ1) is 2.50. The van der Waals surface area contributed by atoms with Crippen LogP contribution in [0.15, 0.2) is 17.0 Å². The minimum Gasteiger partial charge on any atom is -0.632 e. The van der Waals surface area contributed by atoms with E-state index in [4.69, 9.17) is 0 Å². The molecule has 3 heteroatoms. The van der Waals surface area contributed by atoms with Crippen LogP contribution in [0.4, 0.5) is 0 Å². The van der Waals surface area contributed by atoms with Crippen LogP contribution < -0.4 is 58.2 Å². The molecule has 1 aromatic heterocycles. The van der Waals surface area contributed by atoms with E-state index in [1.165, 1.54) is 12.6 Å². The molecule has 0 radical (unpaired) electrons. The molecule has 1 rings (SSSR count). The largest absolute Gasteiger partial charge is 1.00 e. The fourth-order valence-electron chi connectivity index (χ4n) is 0.152. The Morgan fingerprint density at radius 2 is 2.50 bits per heavy atom. The maximum atomic E-state index is 4.35. The minimum absolute atomic E-state index is 0. The number of rotatable bonds is 0. The molecule has 1 heterocycles. The summed E-state index contributed by atoms with van der Waals surface area (Å²) < 4.78 is 4.35. The Balaban J connectivity index is 0.000000250. The Morgan fingerprint density at radius 3 is 2.67 bits per heavy atom. The van der Waals surface area contributed by atoms with Gasteiger partial charge in [-0.05, 0) is 6.20 Å². The zero-order chi connectivity index (χ0) is 3.54. The normalized spacial score (nSPS) is 6.67. The van der Waals surface area contributed by atoms with Gasteiger partial charge in [0.25, 0.3) is 0 Å². The molecule has 6 heavy (non-hydrogen) atoms.